The van der Waals surface area contributed by atoms with Gasteiger partial charge in [-0.05, 0) is 44.0 Å². The van der Waals surface area contributed by atoms with Gasteiger partial charge in [0.2, 0.25) is 0 Å². The molecule has 0 spiro atoms. The molecule has 1 aliphatic rings. The van der Waals surface area contributed by atoms with Crippen molar-refractivity contribution in [1.82, 2.24) is 9.88 Å². The molecule has 1 saturated heterocycles. The first kappa shape index (κ1) is 17.1. The lowest BCUT2D eigenvalue weighted by atomic mass is 10.1. The fourth-order valence-electron chi connectivity index (χ4n) is 3.04. The summed E-state index contributed by atoms with van der Waals surface area (Å²) < 4.78 is 0. The first-order valence-corrected chi connectivity index (χ1v) is 8.35. The van der Waals surface area contributed by atoms with E-state index in [0.717, 1.165) is 18.4 Å². The van der Waals surface area contributed by atoms with E-state index < -0.39 is 0 Å². The summed E-state index contributed by atoms with van der Waals surface area (Å²) in [5.74, 6) is -0.157. The summed E-state index contributed by atoms with van der Waals surface area (Å²) in [7, 11) is 0. The number of nitrogens with zero attached hydrogens (tertiary/aromatic N) is 2. The quantitative estimate of drug-likeness (QED) is 0.895. The fourth-order valence-corrected chi connectivity index (χ4v) is 3.04. The van der Waals surface area contributed by atoms with Gasteiger partial charge in [-0.1, -0.05) is 23.8 Å². The Bertz CT molecular complexity index is 791. The van der Waals surface area contributed by atoms with Gasteiger partial charge in [-0.15, -0.1) is 0 Å². The number of likely N-dealkylation sites (tertiary alicyclic amines) is 1. The summed E-state index contributed by atoms with van der Waals surface area (Å²) in [5, 5.41) is 12.1. The third-order valence-electron chi connectivity index (χ3n) is 4.34. The van der Waals surface area contributed by atoms with Crippen LogP contribution in [0.2, 0.25) is 0 Å². The summed E-state index contributed by atoms with van der Waals surface area (Å²) in [4.78, 5) is 30.8. The molecule has 0 bridgehead atoms. The van der Waals surface area contributed by atoms with Gasteiger partial charge in [0.05, 0.1) is 12.6 Å². The Morgan fingerprint density at radius 2 is 2.08 bits per heavy atom. The number of amides is 2. The van der Waals surface area contributed by atoms with E-state index in [1.54, 1.807) is 35.2 Å². The third kappa shape index (κ3) is 3.85. The van der Waals surface area contributed by atoms with Crippen LogP contribution in [0.5, 0.6) is 0 Å². The monoisotopic (exact) mass is 339 g/mol. The van der Waals surface area contributed by atoms with Crippen LogP contribution >= 0.6 is 0 Å². The Morgan fingerprint density at radius 1 is 1.28 bits per heavy atom. The van der Waals surface area contributed by atoms with Gasteiger partial charge in [-0.3, -0.25) is 9.59 Å². The molecule has 6 heteroatoms. The minimum absolute atomic E-state index is 0.0461. The average Bonchev–Trinajstić information content (AvgIpc) is 3.10. The second-order valence-corrected chi connectivity index (χ2v) is 6.21. The summed E-state index contributed by atoms with van der Waals surface area (Å²) in [6.07, 6.45) is 1.67. The number of hydrogen-bond donors (Lipinski definition) is 2. The first-order valence-electron chi connectivity index (χ1n) is 8.35. The second kappa shape index (κ2) is 7.44. The minimum Gasteiger partial charge on any atom is -0.394 e. The van der Waals surface area contributed by atoms with Crippen molar-refractivity contribution in [3.05, 3.63) is 59.3 Å². The molecule has 1 unspecified atom stereocenters. The number of aromatic nitrogens is 1. The third-order valence-corrected chi connectivity index (χ3v) is 4.34. The van der Waals surface area contributed by atoms with E-state index in [1.807, 2.05) is 19.1 Å². The van der Waals surface area contributed by atoms with E-state index >= 15 is 0 Å². The number of aliphatic hydroxyl groups excluding tert-OH is 1. The van der Waals surface area contributed by atoms with Crippen molar-refractivity contribution in [3.63, 3.8) is 0 Å². The molecular weight excluding hydrogens is 318 g/mol. The van der Waals surface area contributed by atoms with Crippen molar-refractivity contribution in [2.75, 3.05) is 18.5 Å². The average molecular weight is 339 g/mol. The Kier molecular flexibility index (Phi) is 5.09. The van der Waals surface area contributed by atoms with Gasteiger partial charge >= 0.3 is 0 Å². The molecule has 130 valence electrons. The zero-order chi connectivity index (χ0) is 17.8. The molecule has 25 heavy (non-hydrogen) atoms. The van der Waals surface area contributed by atoms with Crippen molar-refractivity contribution in [2.24, 2.45) is 0 Å². The molecule has 6 nitrogen and oxygen atoms in total. The van der Waals surface area contributed by atoms with Crippen LogP contribution in [0.4, 0.5) is 5.82 Å². The Morgan fingerprint density at radius 3 is 2.84 bits per heavy atom. The Balaban J connectivity index is 1.75. The topological polar surface area (TPSA) is 82.5 Å². The summed E-state index contributed by atoms with van der Waals surface area (Å²) in [6, 6.07) is 12.1. The lowest BCUT2D eigenvalue weighted by molar-refractivity contribution is 0.0671. The molecular formula is C19H21N3O3. The molecule has 0 saturated carbocycles. The van der Waals surface area contributed by atoms with Crippen LogP contribution in [-0.2, 0) is 0 Å². The molecule has 2 heterocycles. The smallest absolute Gasteiger partial charge is 0.272 e. The van der Waals surface area contributed by atoms with Gasteiger partial charge in [0.1, 0.15) is 11.5 Å². The molecule has 0 radical (unpaired) electrons. The van der Waals surface area contributed by atoms with Gasteiger partial charge in [0.25, 0.3) is 11.8 Å². The number of nitrogens with one attached hydrogen (secondary N) is 1. The van der Waals surface area contributed by atoms with Crippen LogP contribution < -0.4 is 5.32 Å². The molecule has 3 rings (SSSR count). The maximum Gasteiger partial charge on any atom is 0.272 e. The second-order valence-electron chi connectivity index (χ2n) is 6.21. The highest BCUT2D eigenvalue weighted by molar-refractivity contribution is 6.04. The predicted molar refractivity (Wildman–Crippen MR) is 94.5 cm³/mol. The highest BCUT2D eigenvalue weighted by Crippen LogP contribution is 2.19. The van der Waals surface area contributed by atoms with E-state index in [2.05, 4.69) is 10.3 Å². The predicted octanol–water partition coefficient (Wildman–Crippen LogP) is 2.24. The zero-order valence-electron chi connectivity index (χ0n) is 14.1. The van der Waals surface area contributed by atoms with Gasteiger partial charge in [-0.2, -0.15) is 0 Å². The van der Waals surface area contributed by atoms with Crippen LogP contribution in [0.15, 0.2) is 42.5 Å². The van der Waals surface area contributed by atoms with E-state index in [4.69, 9.17) is 0 Å². The number of rotatable bonds is 4. The van der Waals surface area contributed by atoms with Crippen LogP contribution in [0.1, 0.15) is 39.3 Å². The number of aliphatic hydroxyl groups is 1. The van der Waals surface area contributed by atoms with Crippen LogP contribution in [-0.4, -0.2) is 46.0 Å². The van der Waals surface area contributed by atoms with Gasteiger partial charge in [0, 0.05) is 12.1 Å². The van der Waals surface area contributed by atoms with E-state index in [9.17, 15) is 14.7 Å². The maximum atomic E-state index is 12.6. The van der Waals surface area contributed by atoms with Crippen molar-refractivity contribution in [3.8, 4) is 0 Å². The summed E-state index contributed by atoms with van der Waals surface area (Å²) >= 11 is 0. The van der Waals surface area contributed by atoms with Crippen molar-refractivity contribution < 1.29 is 14.7 Å². The number of aryl methyl sites for hydroxylation is 1. The maximum absolute atomic E-state index is 12.6. The van der Waals surface area contributed by atoms with Gasteiger partial charge in [0.15, 0.2) is 0 Å². The molecule has 1 aromatic heterocycles. The van der Waals surface area contributed by atoms with E-state index in [-0.39, 0.29) is 30.2 Å². The largest absolute Gasteiger partial charge is 0.394 e. The molecule has 0 aliphatic carbocycles. The number of carbonyl (C=O) groups excluding carboxylic acids is 2. The lowest BCUT2D eigenvalue weighted by Gasteiger charge is -2.22. The molecule has 2 N–H and O–H groups in total. The van der Waals surface area contributed by atoms with E-state index in [1.165, 1.54) is 0 Å². The number of anilines is 1. The Hall–Kier alpha value is -2.73. The van der Waals surface area contributed by atoms with Crippen molar-refractivity contribution in [2.45, 2.75) is 25.8 Å². The minimum atomic E-state index is -0.268. The summed E-state index contributed by atoms with van der Waals surface area (Å²) in [5.41, 5.74) is 1.80. The van der Waals surface area contributed by atoms with Gasteiger partial charge < -0.3 is 15.3 Å². The molecule has 1 fully saturated rings. The highest BCUT2D eigenvalue weighted by atomic mass is 16.3. The molecule has 2 amide bonds. The molecule has 2 aromatic rings. The number of pyridine rings is 1. The molecule has 1 aliphatic heterocycles. The van der Waals surface area contributed by atoms with Crippen LogP contribution in [0.3, 0.4) is 0 Å². The molecule has 1 aromatic carbocycles. The van der Waals surface area contributed by atoms with Crippen LogP contribution in [0, 0.1) is 6.92 Å². The van der Waals surface area contributed by atoms with Gasteiger partial charge in [-0.25, -0.2) is 4.98 Å². The van der Waals surface area contributed by atoms with E-state index in [0.29, 0.717) is 17.9 Å². The molecule has 1 atom stereocenters. The SMILES string of the molecule is Cc1cccc(C(=O)Nc2cccc(C(=O)N3CCCC3CO)n2)c1. The standard InChI is InChI=1S/C19H21N3O3/c1-13-5-2-6-14(11-13)18(24)21-17-9-3-8-16(20-17)19(25)22-10-4-7-15(22)12-23/h2-3,5-6,8-9,11,15,23H,4,7,10,12H2,1H3,(H,20,21,24). The highest BCUT2D eigenvalue weighted by Gasteiger charge is 2.29. The van der Waals surface area contributed by atoms with Crippen molar-refractivity contribution >= 4 is 17.6 Å². The van der Waals surface area contributed by atoms with Crippen LogP contribution in [0.25, 0.3) is 0 Å². The number of carbonyl (C=O) groups is 2. The number of hydrogen-bond acceptors (Lipinski definition) is 4. The Labute approximate surface area is 146 Å². The first-order chi connectivity index (χ1) is 12.1. The zero-order valence-corrected chi connectivity index (χ0v) is 14.1. The summed E-state index contributed by atoms with van der Waals surface area (Å²) in [6.45, 7) is 2.49. The number of benzene rings is 1. The fraction of sp³-hybridized carbons (Fsp3) is 0.316. The lowest BCUT2D eigenvalue weighted by Crippen LogP contribution is -2.38. The van der Waals surface area contributed by atoms with Crippen molar-refractivity contribution in [1.29, 1.82) is 0 Å². The normalized spacial score (nSPS) is 16.7.